The van der Waals surface area contributed by atoms with Gasteiger partial charge in [0.2, 0.25) is 5.88 Å². The molecule has 0 radical (unpaired) electrons. The van der Waals surface area contributed by atoms with Crippen molar-refractivity contribution in [2.45, 2.75) is 19.3 Å². The van der Waals surface area contributed by atoms with Gasteiger partial charge in [-0.25, -0.2) is 9.98 Å². The van der Waals surface area contributed by atoms with Crippen LogP contribution in [0.5, 0.6) is 5.75 Å². The van der Waals surface area contributed by atoms with Crippen LogP contribution in [0.15, 0.2) is 58.1 Å². The largest absolute Gasteiger partial charge is 0.504 e. The van der Waals surface area contributed by atoms with E-state index in [4.69, 9.17) is 4.42 Å². The molecule has 0 aliphatic carbocycles. The smallest absolute Gasteiger partial charge is 0.263 e. The summed E-state index contributed by atoms with van der Waals surface area (Å²) < 4.78 is 5.97. The molecule has 1 amide bonds. The van der Waals surface area contributed by atoms with Gasteiger partial charge in [-0.2, -0.15) is 0 Å². The molecule has 1 saturated heterocycles. The standard InChI is InChI=1S/C24H22N4O3/c29-21-19(14-16-15-26-22-18(16)10-7-11-25-22)31-23(27-17-8-3-1-4-9-17)20(21)24(30)28-12-5-2-6-13-28/h1,3-4,7-11,14-15,27,29H,2,5-6,12-13H2/b16-14+. The molecule has 1 fully saturated rings. The molecular formula is C24H22N4O3. The molecule has 2 N–H and O–H groups in total. The number of aromatic hydroxyl groups is 1. The molecule has 7 heteroatoms. The fourth-order valence-corrected chi connectivity index (χ4v) is 3.91. The number of aliphatic imine (C=N–C) groups is 1. The number of para-hydroxylation sites is 1. The minimum absolute atomic E-state index is 0.152. The summed E-state index contributed by atoms with van der Waals surface area (Å²) in [5, 5.41) is 14.2. The molecule has 31 heavy (non-hydrogen) atoms. The molecule has 0 spiro atoms. The van der Waals surface area contributed by atoms with Gasteiger partial charge in [0, 0.05) is 42.3 Å². The Bertz CT molecular complexity index is 1170. The fourth-order valence-electron chi connectivity index (χ4n) is 3.91. The highest BCUT2D eigenvalue weighted by atomic mass is 16.4. The summed E-state index contributed by atoms with van der Waals surface area (Å²) >= 11 is 0. The Morgan fingerprint density at radius 2 is 1.90 bits per heavy atom. The SMILES string of the molecule is O=C(c1c(Nc2ccccc2)oc(/C=C2\C=Nc3ncccc32)c1O)N1CCCCC1. The molecule has 2 aliphatic heterocycles. The number of carbonyl (C=O) groups excluding carboxylic acids is 1. The number of likely N-dealkylation sites (tertiary alicyclic amines) is 1. The average molecular weight is 414 g/mol. The monoisotopic (exact) mass is 414 g/mol. The second-order valence-electron chi connectivity index (χ2n) is 7.60. The lowest BCUT2D eigenvalue weighted by atomic mass is 10.1. The summed E-state index contributed by atoms with van der Waals surface area (Å²) in [7, 11) is 0. The fraction of sp³-hybridized carbons (Fsp3) is 0.208. The quantitative estimate of drug-likeness (QED) is 0.626. The van der Waals surface area contributed by atoms with E-state index in [0.717, 1.165) is 36.1 Å². The van der Waals surface area contributed by atoms with Crippen molar-refractivity contribution >= 4 is 41.2 Å². The van der Waals surface area contributed by atoms with E-state index >= 15 is 0 Å². The molecular weight excluding hydrogens is 392 g/mol. The second-order valence-corrected chi connectivity index (χ2v) is 7.60. The van der Waals surface area contributed by atoms with Gasteiger partial charge in [0.25, 0.3) is 5.91 Å². The van der Waals surface area contributed by atoms with E-state index in [1.807, 2.05) is 42.5 Å². The molecule has 3 aromatic rings. The number of hydrogen-bond acceptors (Lipinski definition) is 6. The van der Waals surface area contributed by atoms with E-state index in [0.29, 0.717) is 18.9 Å². The summed E-state index contributed by atoms with van der Waals surface area (Å²) in [6, 6.07) is 13.2. The molecule has 2 aromatic heterocycles. The van der Waals surface area contributed by atoms with E-state index in [9.17, 15) is 9.90 Å². The van der Waals surface area contributed by atoms with Gasteiger partial charge in [0.05, 0.1) is 0 Å². The molecule has 0 bridgehead atoms. The summed E-state index contributed by atoms with van der Waals surface area (Å²) in [5.41, 5.74) is 2.52. The van der Waals surface area contributed by atoms with Gasteiger partial charge < -0.3 is 19.7 Å². The zero-order valence-corrected chi connectivity index (χ0v) is 16.9. The highest BCUT2D eigenvalue weighted by molar-refractivity contribution is 6.21. The van der Waals surface area contributed by atoms with E-state index in [-0.39, 0.29) is 28.9 Å². The van der Waals surface area contributed by atoms with Crippen LogP contribution in [0.4, 0.5) is 17.4 Å². The van der Waals surface area contributed by atoms with Gasteiger partial charge in [-0.05, 0) is 49.6 Å². The summed E-state index contributed by atoms with van der Waals surface area (Å²) in [6.45, 7) is 1.35. The van der Waals surface area contributed by atoms with Crippen molar-refractivity contribution in [2.75, 3.05) is 18.4 Å². The molecule has 4 heterocycles. The maximum Gasteiger partial charge on any atom is 0.263 e. The first kappa shape index (κ1) is 19.1. The van der Waals surface area contributed by atoms with Crippen LogP contribution in [0.3, 0.4) is 0 Å². The zero-order valence-electron chi connectivity index (χ0n) is 16.9. The molecule has 1 aromatic carbocycles. The maximum atomic E-state index is 13.3. The molecule has 0 unspecified atom stereocenters. The minimum atomic E-state index is -0.230. The zero-order chi connectivity index (χ0) is 21.2. The number of allylic oxidation sites excluding steroid dienone is 1. The Hall–Kier alpha value is -3.87. The summed E-state index contributed by atoms with van der Waals surface area (Å²) in [4.78, 5) is 23.6. The Balaban J connectivity index is 1.56. The highest BCUT2D eigenvalue weighted by Crippen LogP contribution is 2.39. The van der Waals surface area contributed by atoms with Crippen LogP contribution in [-0.4, -0.2) is 40.2 Å². The van der Waals surface area contributed by atoms with Crippen LogP contribution in [0.25, 0.3) is 11.6 Å². The normalized spacial score (nSPS) is 16.5. The van der Waals surface area contributed by atoms with Gasteiger partial charge in [-0.1, -0.05) is 18.2 Å². The third kappa shape index (κ3) is 3.70. The van der Waals surface area contributed by atoms with E-state index < -0.39 is 0 Å². The Kier molecular flexibility index (Phi) is 5.00. The number of hydrogen-bond donors (Lipinski definition) is 2. The van der Waals surface area contributed by atoms with Gasteiger partial charge >= 0.3 is 0 Å². The number of piperidine rings is 1. The lowest BCUT2D eigenvalue weighted by Crippen LogP contribution is -2.35. The van der Waals surface area contributed by atoms with Crippen LogP contribution in [0.2, 0.25) is 0 Å². The average Bonchev–Trinajstić information content (AvgIpc) is 3.36. The number of benzene rings is 1. The first-order valence-corrected chi connectivity index (χ1v) is 10.4. The minimum Gasteiger partial charge on any atom is -0.504 e. The van der Waals surface area contributed by atoms with Crippen molar-refractivity contribution in [2.24, 2.45) is 4.99 Å². The van der Waals surface area contributed by atoms with Crippen molar-refractivity contribution in [3.8, 4) is 5.75 Å². The first-order chi connectivity index (χ1) is 15.2. The van der Waals surface area contributed by atoms with Crippen molar-refractivity contribution in [1.82, 2.24) is 9.88 Å². The number of nitrogens with zero attached hydrogens (tertiary/aromatic N) is 3. The number of fused-ring (bicyclic) bond motifs is 1. The van der Waals surface area contributed by atoms with Gasteiger partial charge in [-0.15, -0.1) is 0 Å². The Labute approximate surface area is 179 Å². The molecule has 7 nitrogen and oxygen atoms in total. The number of anilines is 2. The van der Waals surface area contributed by atoms with Crippen molar-refractivity contribution in [3.63, 3.8) is 0 Å². The summed E-state index contributed by atoms with van der Waals surface area (Å²) in [6.07, 6.45) is 8.08. The van der Waals surface area contributed by atoms with Crippen LogP contribution < -0.4 is 5.32 Å². The third-order valence-corrected chi connectivity index (χ3v) is 5.51. The van der Waals surface area contributed by atoms with Crippen LogP contribution in [0.1, 0.15) is 40.9 Å². The van der Waals surface area contributed by atoms with E-state index in [1.54, 1.807) is 23.4 Å². The second kappa shape index (κ2) is 8.10. The topological polar surface area (TPSA) is 91.0 Å². The third-order valence-electron chi connectivity index (χ3n) is 5.51. The van der Waals surface area contributed by atoms with E-state index in [1.165, 1.54) is 0 Å². The Morgan fingerprint density at radius 1 is 1.10 bits per heavy atom. The predicted molar refractivity (Wildman–Crippen MR) is 120 cm³/mol. The molecule has 0 atom stereocenters. The van der Waals surface area contributed by atoms with Crippen LogP contribution in [0, 0.1) is 0 Å². The van der Waals surface area contributed by atoms with Crippen molar-refractivity contribution in [3.05, 3.63) is 65.5 Å². The van der Waals surface area contributed by atoms with Gasteiger partial charge in [0.1, 0.15) is 5.56 Å². The molecule has 156 valence electrons. The van der Waals surface area contributed by atoms with Crippen molar-refractivity contribution < 1.29 is 14.3 Å². The molecule has 5 rings (SSSR count). The Morgan fingerprint density at radius 3 is 2.71 bits per heavy atom. The number of rotatable bonds is 4. The number of amides is 1. The predicted octanol–water partition coefficient (Wildman–Crippen LogP) is 5.01. The summed E-state index contributed by atoms with van der Waals surface area (Å²) in [5.74, 6) is 0.648. The highest BCUT2D eigenvalue weighted by Gasteiger charge is 2.30. The van der Waals surface area contributed by atoms with Crippen LogP contribution >= 0.6 is 0 Å². The van der Waals surface area contributed by atoms with Gasteiger partial charge in [-0.3, -0.25) is 4.79 Å². The van der Waals surface area contributed by atoms with E-state index in [2.05, 4.69) is 15.3 Å². The number of pyridine rings is 1. The lowest BCUT2D eigenvalue weighted by molar-refractivity contribution is 0.0722. The molecule has 0 saturated carbocycles. The lowest BCUT2D eigenvalue weighted by Gasteiger charge is -2.26. The number of nitrogens with one attached hydrogen (secondary N) is 1. The number of carbonyl (C=O) groups is 1. The first-order valence-electron chi connectivity index (χ1n) is 10.4. The maximum absolute atomic E-state index is 13.3. The molecule has 2 aliphatic rings. The van der Waals surface area contributed by atoms with Gasteiger partial charge in [0.15, 0.2) is 17.3 Å². The van der Waals surface area contributed by atoms with Crippen molar-refractivity contribution in [1.29, 1.82) is 0 Å². The number of furan rings is 1. The van der Waals surface area contributed by atoms with Crippen LogP contribution in [-0.2, 0) is 0 Å². The number of aromatic nitrogens is 1.